The molecule has 3 aliphatic rings. The molecule has 2 amide bonds. The Bertz CT molecular complexity index is 768. The maximum atomic E-state index is 13.2. The lowest BCUT2D eigenvalue weighted by molar-refractivity contribution is -0.128. The summed E-state index contributed by atoms with van der Waals surface area (Å²) in [6, 6.07) is 6.02. The van der Waals surface area contributed by atoms with Gasteiger partial charge in [0.2, 0.25) is 5.91 Å². The fraction of sp³-hybridized carbons (Fsp3) is 0.652. The van der Waals surface area contributed by atoms with Gasteiger partial charge >= 0.3 is 0 Å². The number of likely N-dealkylation sites (tertiary alicyclic amines) is 1. The van der Waals surface area contributed by atoms with Crippen molar-refractivity contribution in [1.82, 2.24) is 10.2 Å². The van der Waals surface area contributed by atoms with Crippen LogP contribution in [0.4, 0.5) is 5.69 Å². The number of hydrogen-bond acceptors (Lipinski definition) is 3. The number of amides is 2. The van der Waals surface area contributed by atoms with Crippen molar-refractivity contribution in [3.05, 3.63) is 29.3 Å². The first kappa shape index (κ1) is 22.1. The van der Waals surface area contributed by atoms with Crippen LogP contribution >= 0.6 is 12.4 Å². The van der Waals surface area contributed by atoms with Crippen LogP contribution in [0.5, 0.6) is 0 Å². The minimum atomic E-state index is -0.261. The van der Waals surface area contributed by atoms with Gasteiger partial charge in [0, 0.05) is 30.4 Å². The second-order valence-corrected chi connectivity index (χ2v) is 9.06. The average Bonchev–Trinajstić information content (AvgIpc) is 3.15. The van der Waals surface area contributed by atoms with Crippen LogP contribution in [-0.2, 0) is 4.79 Å². The summed E-state index contributed by atoms with van der Waals surface area (Å²) >= 11 is 0. The van der Waals surface area contributed by atoms with Gasteiger partial charge < -0.3 is 15.5 Å². The van der Waals surface area contributed by atoms with Crippen molar-refractivity contribution < 1.29 is 9.59 Å². The van der Waals surface area contributed by atoms with E-state index >= 15 is 0 Å². The number of benzene rings is 1. The van der Waals surface area contributed by atoms with E-state index in [2.05, 4.69) is 17.6 Å². The number of carbonyl (C=O) groups is 2. The highest BCUT2D eigenvalue weighted by Crippen LogP contribution is 2.44. The van der Waals surface area contributed by atoms with Gasteiger partial charge in [0.25, 0.3) is 5.91 Å². The standard InChI is InChI=1S/C23H33N3O2.ClH/c1-16-13-18(21(27)26-12-6-4-7-17(26)2)9-10-20(16)25-22(28)23-11-5-3-8-19(23)14-24-15-23;/h9-10,13,17,19,24H,3-8,11-12,14-15H2,1-2H3,(H,25,28);1H/t17?,19-,23+;/m0./s1. The molecular formula is C23H34ClN3O2. The third-order valence-corrected chi connectivity index (χ3v) is 7.28. The van der Waals surface area contributed by atoms with E-state index in [-0.39, 0.29) is 29.6 Å². The van der Waals surface area contributed by atoms with E-state index in [1.807, 2.05) is 30.0 Å². The molecule has 1 saturated carbocycles. The minimum Gasteiger partial charge on any atom is -0.336 e. The van der Waals surface area contributed by atoms with Crippen molar-refractivity contribution in [2.24, 2.45) is 11.3 Å². The molecule has 2 N–H and O–H groups in total. The number of nitrogens with one attached hydrogen (secondary N) is 2. The highest BCUT2D eigenvalue weighted by Gasteiger charge is 2.49. The number of anilines is 1. The zero-order valence-electron chi connectivity index (χ0n) is 17.6. The van der Waals surface area contributed by atoms with Crippen LogP contribution in [-0.4, -0.2) is 42.4 Å². The van der Waals surface area contributed by atoms with E-state index in [1.165, 1.54) is 12.8 Å². The Morgan fingerprint density at radius 3 is 2.72 bits per heavy atom. The summed E-state index contributed by atoms with van der Waals surface area (Å²) in [5.41, 5.74) is 2.25. The molecule has 29 heavy (non-hydrogen) atoms. The summed E-state index contributed by atoms with van der Waals surface area (Å²) in [5.74, 6) is 0.705. The Morgan fingerprint density at radius 2 is 1.97 bits per heavy atom. The Balaban J connectivity index is 0.00000240. The first-order valence-corrected chi connectivity index (χ1v) is 10.9. The highest BCUT2D eigenvalue weighted by atomic mass is 35.5. The predicted octanol–water partition coefficient (Wildman–Crippen LogP) is 4.15. The maximum Gasteiger partial charge on any atom is 0.254 e. The number of piperidine rings is 1. The zero-order chi connectivity index (χ0) is 19.7. The van der Waals surface area contributed by atoms with Gasteiger partial charge in [-0.05, 0) is 82.2 Å². The Kier molecular flexibility index (Phi) is 6.90. The monoisotopic (exact) mass is 419 g/mol. The fourth-order valence-electron chi connectivity index (χ4n) is 5.44. The summed E-state index contributed by atoms with van der Waals surface area (Å²) in [6.45, 7) is 6.69. The molecule has 160 valence electrons. The van der Waals surface area contributed by atoms with Crippen molar-refractivity contribution in [2.45, 2.75) is 64.8 Å². The van der Waals surface area contributed by atoms with E-state index in [1.54, 1.807) is 0 Å². The molecule has 1 aliphatic carbocycles. The van der Waals surface area contributed by atoms with Gasteiger partial charge in [0.05, 0.1) is 5.41 Å². The largest absolute Gasteiger partial charge is 0.336 e. The molecule has 1 aromatic carbocycles. The Hall–Kier alpha value is -1.59. The van der Waals surface area contributed by atoms with Crippen LogP contribution in [0, 0.1) is 18.3 Å². The molecule has 1 unspecified atom stereocenters. The maximum absolute atomic E-state index is 13.2. The molecule has 0 radical (unpaired) electrons. The van der Waals surface area contributed by atoms with E-state index in [0.717, 1.165) is 68.6 Å². The average molecular weight is 420 g/mol. The molecule has 5 nitrogen and oxygen atoms in total. The first-order chi connectivity index (χ1) is 13.5. The lowest BCUT2D eigenvalue weighted by Gasteiger charge is -2.37. The van der Waals surface area contributed by atoms with E-state index < -0.39 is 0 Å². The van der Waals surface area contributed by atoms with E-state index in [9.17, 15) is 9.59 Å². The van der Waals surface area contributed by atoms with Crippen LogP contribution in [0.15, 0.2) is 18.2 Å². The molecule has 2 aliphatic heterocycles. The van der Waals surface area contributed by atoms with Gasteiger partial charge in [0.15, 0.2) is 0 Å². The normalized spacial score (nSPS) is 29.0. The van der Waals surface area contributed by atoms with Crippen molar-refractivity contribution in [3.8, 4) is 0 Å². The molecule has 1 aromatic rings. The molecule has 0 bridgehead atoms. The molecule has 4 rings (SSSR count). The van der Waals surface area contributed by atoms with Gasteiger partial charge in [0.1, 0.15) is 0 Å². The quantitative estimate of drug-likeness (QED) is 0.773. The summed E-state index contributed by atoms with van der Waals surface area (Å²) in [5, 5.41) is 6.63. The van der Waals surface area contributed by atoms with Gasteiger partial charge in [-0.3, -0.25) is 9.59 Å². The van der Waals surface area contributed by atoms with Crippen LogP contribution in [0.3, 0.4) is 0 Å². The number of hydrogen-bond donors (Lipinski definition) is 2. The summed E-state index contributed by atoms with van der Waals surface area (Å²) < 4.78 is 0. The van der Waals surface area contributed by atoms with Crippen molar-refractivity contribution in [2.75, 3.05) is 25.0 Å². The summed E-state index contributed by atoms with van der Waals surface area (Å²) in [7, 11) is 0. The minimum absolute atomic E-state index is 0. The number of carbonyl (C=O) groups excluding carboxylic acids is 2. The molecule has 3 atom stereocenters. The predicted molar refractivity (Wildman–Crippen MR) is 119 cm³/mol. The van der Waals surface area contributed by atoms with Crippen molar-refractivity contribution in [3.63, 3.8) is 0 Å². The Labute approximate surface area is 180 Å². The third kappa shape index (κ3) is 4.17. The fourth-order valence-corrected chi connectivity index (χ4v) is 5.44. The van der Waals surface area contributed by atoms with E-state index in [0.29, 0.717) is 12.0 Å². The lowest BCUT2D eigenvalue weighted by Crippen LogP contribution is -2.44. The number of halogens is 1. The molecular weight excluding hydrogens is 386 g/mol. The molecule has 2 saturated heterocycles. The number of rotatable bonds is 3. The van der Waals surface area contributed by atoms with Gasteiger partial charge in [-0.25, -0.2) is 0 Å². The van der Waals surface area contributed by atoms with Crippen molar-refractivity contribution >= 4 is 29.9 Å². The topological polar surface area (TPSA) is 61.4 Å². The SMILES string of the molecule is Cc1cc(C(=O)N2CCCCC2C)ccc1NC(=O)[C@@]12CCCC[C@H]1CNC2.Cl. The molecule has 0 spiro atoms. The first-order valence-electron chi connectivity index (χ1n) is 10.9. The second-order valence-electron chi connectivity index (χ2n) is 9.06. The highest BCUT2D eigenvalue weighted by molar-refractivity contribution is 5.99. The lowest BCUT2D eigenvalue weighted by atomic mass is 9.67. The molecule has 2 heterocycles. The zero-order valence-corrected chi connectivity index (χ0v) is 18.4. The van der Waals surface area contributed by atoms with Crippen molar-refractivity contribution in [1.29, 1.82) is 0 Å². The molecule has 6 heteroatoms. The van der Waals surface area contributed by atoms with Gasteiger partial charge in [-0.1, -0.05) is 12.8 Å². The number of nitrogens with zero attached hydrogens (tertiary/aromatic N) is 1. The van der Waals surface area contributed by atoms with E-state index in [4.69, 9.17) is 0 Å². The van der Waals surface area contributed by atoms with Crippen LogP contribution in [0.1, 0.15) is 67.8 Å². The molecule has 3 fully saturated rings. The smallest absolute Gasteiger partial charge is 0.254 e. The Morgan fingerprint density at radius 1 is 1.17 bits per heavy atom. The number of fused-ring (bicyclic) bond motifs is 1. The number of aryl methyl sites for hydroxylation is 1. The van der Waals surface area contributed by atoms with Gasteiger partial charge in [-0.15, -0.1) is 12.4 Å². The third-order valence-electron chi connectivity index (χ3n) is 7.28. The second kappa shape index (κ2) is 9.05. The summed E-state index contributed by atoms with van der Waals surface area (Å²) in [4.78, 5) is 28.1. The van der Waals surface area contributed by atoms with Crippen LogP contribution in [0.2, 0.25) is 0 Å². The van der Waals surface area contributed by atoms with Crippen LogP contribution in [0.25, 0.3) is 0 Å². The summed E-state index contributed by atoms with van der Waals surface area (Å²) in [6.07, 6.45) is 7.83. The molecule has 0 aromatic heterocycles. The van der Waals surface area contributed by atoms with Crippen LogP contribution < -0.4 is 10.6 Å². The van der Waals surface area contributed by atoms with Gasteiger partial charge in [-0.2, -0.15) is 0 Å².